The highest BCUT2D eigenvalue weighted by atomic mass is 19.1. The highest BCUT2D eigenvalue weighted by Gasteiger charge is 2.42. The van der Waals surface area contributed by atoms with E-state index in [1.54, 1.807) is 0 Å². The van der Waals surface area contributed by atoms with Gasteiger partial charge in [0.2, 0.25) is 0 Å². The highest BCUT2D eigenvalue weighted by molar-refractivity contribution is 4.95. The number of likely N-dealkylation sites (tertiary alicyclic amines) is 1. The maximum Gasteiger partial charge on any atom is 0.136 e. The molecule has 60 valence electrons. The van der Waals surface area contributed by atoms with Crippen molar-refractivity contribution in [2.24, 2.45) is 0 Å². The summed E-state index contributed by atoms with van der Waals surface area (Å²) in [7, 11) is 0. The van der Waals surface area contributed by atoms with Gasteiger partial charge in [-0.15, -0.1) is 0 Å². The number of nitrogens with zero attached hydrogens (tertiary/aromatic N) is 1. The summed E-state index contributed by atoms with van der Waals surface area (Å²) in [5.41, 5.74) is -0.857. The van der Waals surface area contributed by atoms with Crippen LogP contribution in [0.5, 0.6) is 0 Å². The lowest BCUT2D eigenvalue weighted by molar-refractivity contribution is -0.0515. The topological polar surface area (TPSA) is 3.24 Å². The zero-order valence-corrected chi connectivity index (χ0v) is 7.02. The maximum absolute atomic E-state index is 13.2. The highest BCUT2D eigenvalue weighted by Crippen LogP contribution is 2.29. The van der Waals surface area contributed by atoms with Crippen LogP contribution in [0.25, 0.3) is 0 Å². The smallest absolute Gasteiger partial charge is 0.136 e. The zero-order valence-electron chi connectivity index (χ0n) is 7.02. The third-order valence-electron chi connectivity index (χ3n) is 2.34. The summed E-state index contributed by atoms with van der Waals surface area (Å²) < 4.78 is 13.2. The van der Waals surface area contributed by atoms with Crippen molar-refractivity contribution in [1.29, 1.82) is 0 Å². The van der Waals surface area contributed by atoms with E-state index in [2.05, 4.69) is 18.7 Å². The lowest BCUT2D eigenvalue weighted by Crippen LogP contribution is -2.60. The summed E-state index contributed by atoms with van der Waals surface area (Å²) in [6.07, 6.45) is 0.663. The average Bonchev–Trinajstić information content (AvgIpc) is 1.80. The first-order valence-corrected chi connectivity index (χ1v) is 4.00. The normalized spacial score (nSPS) is 24.9. The van der Waals surface area contributed by atoms with Gasteiger partial charge in [-0.2, -0.15) is 0 Å². The van der Waals surface area contributed by atoms with E-state index < -0.39 is 5.67 Å². The SMILES string of the molecule is CCC1(F)CN(C(C)C)C1. The minimum atomic E-state index is -0.857. The molecule has 1 saturated heterocycles. The van der Waals surface area contributed by atoms with Crippen LogP contribution >= 0.6 is 0 Å². The number of halogens is 1. The van der Waals surface area contributed by atoms with Crippen molar-refractivity contribution in [3.8, 4) is 0 Å². The molecule has 0 N–H and O–H groups in total. The Kier molecular flexibility index (Phi) is 1.99. The molecule has 1 nitrogen and oxygen atoms in total. The molecule has 0 aromatic rings. The Labute approximate surface area is 62.2 Å². The first kappa shape index (κ1) is 7.99. The van der Waals surface area contributed by atoms with E-state index in [1.165, 1.54) is 0 Å². The van der Waals surface area contributed by atoms with Crippen molar-refractivity contribution in [3.63, 3.8) is 0 Å². The van der Waals surface area contributed by atoms with Gasteiger partial charge >= 0.3 is 0 Å². The van der Waals surface area contributed by atoms with Crippen LogP contribution < -0.4 is 0 Å². The van der Waals surface area contributed by atoms with Crippen molar-refractivity contribution >= 4 is 0 Å². The van der Waals surface area contributed by atoms with Gasteiger partial charge in [0.05, 0.1) is 0 Å². The van der Waals surface area contributed by atoms with Crippen molar-refractivity contribution in [1.82, 2.24) is 4.90 Å². The Morgan fingerprint density at radius 1 is 1.50 bits per heavy atom. The zero-order chi connectivity index (χ0) is 7.78. The van der Waals surface area contributed by atoms with Gasteiger partial charge < -0.3 is 0 Å². The van der Waals surface area contributed by atoms with Gasteiger partial charge in [-0.25, -0.2) is 4.39 Å². The summed E-state index contributed by atoms with van der Waals surface area (Å²) in [5, 5.41) is 0. The second-order valence-electron chi connectivity index (χ2n) is 3.50. The molecule has 0 amide bonds. The first-order valence-electron chi connectivity index (χ1n) is 4.00. The molecule has 1 rings (SSSR count). The van der Waals surface area contributed by atoms with Crippen LogP contribution in [0.3, 0.4) is 0 Å². The van der Waals surface area contributed by atoms with Crippen LogP contribution in [0.1, 0.15) is 27.2 Å². The molecule has 0 atom stereocenters. The number of rotatable bonds is 2. The minimum Gasteiger partial charge on any atom is -0.294 e. The molecule has 0 bridgehead atoms. The van der Waals surface area contributed by atoms with E-state index in [4.69, 9.17) is 0 Å². The quantitative estimate of drug-likeness (QED) is 0.573. The molecular weight excluding hydrogens is 129 g/mol. The summed E-state index contributed by atoms with van der Waals surface area (Å²) in [4.78, 5) is 2.16. The Morgan fingerprint density at radius 3 is 2.30 bits per heavy atom. The fourth-order valence-electron chi connectivity index (χ4n) is 1.27. The predicted octanol–water partition coefficient (Wildman–Crippen LogP) is 1.83. The van der Waals surface area contributed by atoms with Gasteiger partial charge in [-0.1, -0.05) is 6.92 Å². The van der Waals surface area contributed by atoms with E-state index in [-0.39, 0.29) is 0 Å². The molecule has 1 fully saturated rings. The van der Waals surface area contributed by atoms with Crippen LogP contribution in [0, 0.1) is 0 Å². The molecule has 1 aliphatic rings. The minimum absolute atomic E-state index is 0.510. The van der Waals surface area contributed by atoms with Crippen LogP contribution in [-0.4, -0.2) is 29.7 Å². The lowest BCUT2D eigenvalue weighted by Gasteiger charge is -2.46. The van der Waals surface area contributed by atoms with E-state index in [1.807, 2.05) is 6.92 Å². The monoisotopic (exact) mass is 145 g/mol. The molecule has 0 aromatic heterocycles. The lowest BCUT2D eigenvalue weighted by atomic mass is 9.92. The van der Waals surface area contributed by atoms with Gasteiger partial charge in [-0.05, 0) is 20.3 Å². The summed E-state index contributed by atoms with van der Waals surface area (Å²) in [5.74, 6) is 0. The van der Waals surface area contributed by atoms with Crippen molar-refractivity contribution in [2.75, 3.05) is 13.1 Å². The fraction of sp³-hybridized carbons (Fsp3) is 1.00. The van der Waals surface area contributed by atoms with Crippen molar-refractivity contribution < 1.29 is 4.39 Å². The molecule has 1 heterocycles. The number of alkyl halides is 1. The van der Waals surface area contributed by atoms with Crippen molar-refractivity contribution in [3.05, 3.63) is 0 Å². The van der Waals surface area contributed by atoms with E-state index >= 15 is 0 Å². The molecular formula is C8H16FN. The summed E-state index contributed by atoms with van der Waals surface area (Å²) in [6, 6.07) is 0.510. The average molecular weight is 145 g/mol. The summed E-state index contributed by atoms with van der Waals surface area (Å²) >= 11 is 0. The maximum atomic E-state index is 13.2. The Hall–Kier alpha value is -0.110. The first-order chi connectivity index (χ1) is 4.57. The molecule has 10 heavy (non-hydrogen) atoms. The molecule has 0 aliphatic carbocycles. The fourth-order valence-corrected chi connectivity index (χ4v) is 1.27. The molecule has 0 spiro atoms. The third kappa shape index (κ3) is 1.31. The van der Waals surface area contributed by atoms with E-state index in [0.717, 1.165) is 0 Å². The number of hydrogen-bond acceptors (Lipinski definition) is 1. The van der Waals surface area contributed by atoms with Gasteiger partial charge in [-0.3, -0.25) is 4.90 Å². The third-order valence-corrected chi connectivity index (χ3v) is 2.34. The van der Waals surface area contributed by atoms with E-state index in [9.17, 15) is 4.39 Å². The van der Waals surface area contributed by atoms with Crippen LogP contribution in [0.15, 0.2) is 0 Å². The van der Waals surface area contributed by atoms with Crippen LogP contribution in [-0.2, 0) is 0 Å². The Bertz CT molecular complexity index is 116. The van der Waals surface area contributed by atoms with Crippen LogP contribution in [0.2, 0.25) is 0 Å². The molecule has 0 unspecified atom stereocenters. The molecule has 0 aromatic carbocycles. The second kappa shape index (κ2) is 2.50. The number of hydrogen-bond donors (Lipinski definition) is 0. The Balaban J connectivity index is 2.29. The Morgan fingerprint density at radius 2 is 2.00 bits per heavy atom. The van der Waals surface area contributed by atoms with Gasteiger partial charge in [0, 0.05) is 19.1 Å². The van der Waals surface area contributed by atoms with Crippen molar-refractivity contribution in [2.45, 2.75) is 38.9 Å². The van der Waals surface area contributed by atoms with Gasteiger partial charge in [0.15, 0.2) is 0 Å². The molecule has 2 heteroatoms. The van der Waals surface area contributed by atoms with E-state index in [0.29, 0.717) is 25.6 Å². The summed E-state index contributed by atoms with van der Waals surface area (Å²) in [6.45, 7) is 7.41. The molecule has 0 radical (unpaired) electrons. The second-order valence-corrected chi connectivity index (χ2v) is 3.50. The predicted molar refractivity (Wildman–Crippen MR) is 40.8 cm³/mol. The standard InChI is InChI=1S/C8H16FN/c1-4-8(9)5-10(6-8)7(2)3/h7H,4-6H2,1-3H3. The molecule has 0 saturated carbocycles. The van der Waals surface area contributed by atoms with Crippen LogP contribution in [0.4, 0.5) is 4.39 Å². The molecule has 1 aliphatic heterocycles. The largest absolute Gasteiger partial charge is 0.294 e. The van der Waals surface area contributed by atoms with Gasteiger partial charge in [0.25, 0.3) is 0 Å². The van der Waals surface area contributed by atoms with Gasteiger partial charge in [0.1, 0.15) is 5.67 Å².